The van der Waals surface area contributed by atoms with Crippen molar-refractivity contribution in [2.45, 2.75) is 19.9 Å². The van der Waals surface area contributed by atoms with Crippen molar-refractivity contribution < 1.29 is 9.59 Å². The minimum absolute atomic E-state index is 0.0190. The molecule has 1 fully saturated rings. The van der Waals surface area contributed by atoms with Crippen LogP contribution in [-0.2, 0) is 9.59 Å². The summed E-state index contributed by atoms with van der Waals surface area (Å²) in [5.74, 6) is -0.253. The van der Waals surface area contributed by atoms with Crippen molar-refractivity contribution in [2.75, 3.05) is 11.4 Å². The average Bonchev–Trinajstić information content (AvgIpc) is 2.32. The van der Waals surface area contributed by atoms with E-state index in [2.05, 4.69) is 5.32 Å². The molecule has 4 nitrogen and oxygen atoms in total. The Hall–Kier alpha value is -1.55. The first-order valence-electron chi connectivity index (χ1n) is 5.86. The van der Waals surface area contributed by atoms with Crippen molar-refractivity contribution in [2.24, 2.45) is 5.92 Å². The van der Waals surface area contributed by atoms with Crippen LogP contribution in [0.2, 0.25) is 5.02 Å². The van der Waals surface area contributed by atoms with Gasteiger partial charge in [0.05, 0.1) is 17.3 Å². The summed E-state index contributed by atoms with van der Waals surface area (Å²) in [5, 5.41) is 3.09. The molecule has 1 aliphatic rings. The molecule has 1 aromatic rings. The van der Waals surface area contributed by atoms with Gasteiger partial charge in [-0.25, -0.2) is 0 Å². The molecular formula is C13H15ClN2O2. The van der Waals surface area contributed by atoms with Crippen LogP contribution >= 0.6 is 11.6 Å². The molecule has 18 heavy (non-hydrogen) atoms. The third kappa shape index (κ3) is 2.20. The van der Waals surface area contributed by atoms with Crippen molar-refractivity contribution in [1.82, 2.24) is 5.32 Å². The molecule has 1 heterocycles. The van der Waals surface area contributed by atoms with Crippen molar-refractivity contribution in [3.05, 3.63) is 29.3 Å². The van der Waals surface area contributed by atoms with Crippen LogP contribution in [0.5, 0.6) is 0 Å². The highest BCUT2D eigenvalue weighted by atomic mass is 35.5. The van der Waals surface area contributed by atoms with Crippen molar-refractivity contribution >= 4 is 29.1 Å². The summed E-state index contributed by atoms with van der Waals surface area (Å²) in [6.45, 7) is 3.84. The maximum absolute atomic E-state index is 12.1. The van der Waals surface area contributed by atoms with E-state index >= 15 is 0 Å². The standard InChI is InChI=1S/C13H15ClN2O2/c1-8(2)12-13(18)15-7-11(17)16(12)10-6-4-3-5-9(10)14/h3-6,8,12H,7H2,1-2H3,(H,15,18). The van der Waals surface area contributed by atoms with Gasteiger partial charge in [-0.3, -0.25) is 14.5 Å². The number of carbonyl (C=O) groups excluding carboxylic acids is 2. The zero-order chi connectivity index (χ0) is 13.3. The van der Waals surface area contributed by atoms with Gasteiger partial charge in [0.15, 0.2) is 0 Å². The molecular weight excluding hydrogens is 252 g/mol. The fraction of sp³-hybridized carbons (Fsp3) is 0.385. The first-order valence-corrected chi connectivity index (χ1v) is 6.24. The minimum Gasteiger partial charge on any atom is -0.345 e. The molecule has 96 valence electrons. The second-order valence-electron chi connectivity index (χ2n) is 4.62. The number of amides is 2. The molecule has 1 aliphatic heterocycles. The molecule has 1 saturated heterocycles. The number of nitrogens with one attached hydrogen (secondary N) is 1. The molecule has 0 aromatic heterocycles. The van der Waals surface area contributed by atoms with Gasteiger partial charge in [-0.2, -0.15) is 0 Å². The Bertz CT molecular complexity index is 488. The molecule has 1 N–H and O–H groups in total. The molecule has 0 radical (unpaired) electrons. The predicted octanol–water partition coefficient (Wildman–Crippen LogP) is 1.83. The Labute approximate surface area is 111 Å². The van der Waals surface area contributed by atoms with Crippen LogP contribution in [0.1, 0.15) is 13.8 Å². The summed E-state index contributed by atoms with van der Waals surface area (Å²) in [6, 6.07) is 6.57. The second kappa shape index (κ2) is 4.98. The fourth-order valence-electron chi connectivity index (χ4n) is 2.16. The maximum Gasteiger partial charge on any atom is 0.247 e. The molecule has 5 heteroatoms. The zero-order valence-corrected chi connectivity index (χ0v) is 11.1. The number of carbonyl (C=O) groups is 2. The van der Waals surface area contributed by atoms with E-state index in [0.717, 1.165) is 0 Å². The van der Waals surface area contributed by atoms with Gasteiger partial charge < -0.3 is 5.32 Å². The van der Waals surface area contributed by atoms with Gasteiger partial charge in [0, 0.05) is 0 Å². The molecule has 0 spiro atoms. The summed E-state index contributed by atoms with van der Waals surface area (Å²) in [5.41, 5.74) is 0.595. The van der Waals surface area contributed by atoms with Crippen LogP contribution in [0.3, 0.4) is 0 Å². The maximum atomic E-state index is 12.1. The summed E-state index contributed by atoms with van der Waals surface area (Å²) in [4.78, 5) is 25.5. The van der Waals surface area contributed by atoms with E-state index in [1.807, 2.05) is 13.8 Å². The molecule has 2 amide bonds. The van der Waals surface area contributed by atoms with Crippen LogP contribution in [0.15, 0.2) is 24.3 Å². The number of benzene rings is 1. The number of piperazine rings is 1. The molecule has 0 bridgehead atoms. The van der Waals surface area contributed by atoms with E-state index in [0.29, 0.717) is 10.7 Å². The normalized spacial score (nSPS) is 20.2. The molecule has 1 unspecified atom stereocenters. The lowest BCUT2D eigenvalue weighted by Gasteiger charge is -2.37. The zero-order valence-electron chi connectivity index (χ0n) is 10.3. The summed E-state index contributed by atoms with van der Waals surface area (Å²) >= 11 is 6.11. The third-order valence-corrected chi connectivity index (χ3v) is 3.29. The SMILES string of the molecule is CC(C)C1C(=O)NCC(=O)N1c1ccccc1Cl. The Morgan fingerprint density at radius 1 is 1.33 bits per heavy atom. The largest absolute Gasteiger partial charge is 0.345 e. The topological polar surface area (TPSA) is 49.4 Å². The van der Waals surface area contributed by atoms with Crippen LogP contribution in [0.4, 0.5) is 5.69 Å². The Morgan fingerprint density at radius 2 is 2.00 bits per heavy atom. The van der Waals surface area contributed by atoms with E-state index in [1.165, 1.54) is 4.90 Å². The highest BCUT2D eigenvalue weighted by molar-refractivity contribution is 6.34. The Morgan fingerprint density at radius 3 is 2.61 bits per heavy atom. The minimum atomic E-state index is -0.508. The van der Waals surface area contributed by atoms with E-state index in [1.54, 1.807) is 24.3 Å². The van der Waals surface area contributed by atoms with Crippen molar-refractivity contribution in [3.8, 4) is 0 Å². The highest BCUT2D eigenvalue weighted by Gasteiger charge is 2.38. The van der Waals surface area contributed by atoms with Crippen molar-refractivity contribution in [1.29, 1.82) is 0 Å². The first kappa shape index (κ1) is 12.9. The molecule has 0 aliphatic carbocycles. The molecule has 0 saturated carbocycles. The number of nitrogens with zero attached hydrogens (tertiary/aromatic N) is 1. The third-order valence-electron chi connectivity index (χ3n) is 2.97. The quantitative estimate of drug-likeness (QED) is 0.888. The smallest absolute Gasteiger partial charge is 0.247 e. The average molecular weight is 267 g/mol. The Kier molecular flexibility index (Phi) is 3.57. The van der Waals surface area contributed by atoms with E-state index < -0.39 is 6.04 Å². The van der Waals surface area contributed by atoms with E-state index in [-0.39, 0.29) is 24.3 Å². The van der Waals surface area contributed by atoms with Gasteiger partial charge in [-0.05, 0) is 18.1 Å². The van der Waals surface area contributed by atoms with Gasteiger partial charge in [-0.15, -0.1) is 0 Å². The number of rotatable bonds is 2. The van der Waals surface area contributed by atoms with Gasteiger partial charge in [0.1, 0.15) is 6.04 Å². The molecule has 1 atom stereocenters. The van der Waals surface area contributed by atoms with E-state index in [9.17, 15) is 9.59 Å². The van der Waals surface area contributed by atoms with Crippen LogP contribution in [0, 0.1) is 5.92 Å². The summed E-state index contributed by atoms with van der Waals surface area (Å²) in [7, 11) is 0. The number of anilines is 1. The molecule has 2 rings (SSSR count). The lowest BCUT2D eigenvalue weighted by molar-refractivity contribution is -0.131. The summed E-state index contributed by atoms with van der Waals surface area (Å²) < 4.78 is 0. The number of hydrogen-bond acceptors (Lipinski definition) is 2. The van der Waals surface area contributed by atoms with Crippen LogP contribution in [-0.4, -0.2) is 24.4 Å². The van der Waals surface area contributed by atoms with Gasteiger partial charge in [-0.1, -0.05) is 37.6 Å². The van der Waals surface area contributed by atoms with Gasteiger partial charge >= 0.3 is 0 Å². The van der Waals surface area contributed by atoms with Gasteiger partial charge in [0.25, 0.3) is 0 Å². The molecule has 1 aromatic carbocycles. The monoisotopic (exact) mass is 266 g/mol. The Balaban J connectivity index is 2.47. The van der Waals surface area contributed by atoms with Crippen LogP contribution < -0.4 is 10.2 Å². The second-order valence-corrected chi connectivity index (χ2v) is 5.03. The van der Waals surface area contributed by atoms with Crippen molar-refractivity contribution in [3.63, 3.8) is 0 Å². The van der Waals surface area contributed by atoms with Crippen LogP contribution in [0.25, 0.3) is 0 Å². The van der Waals surface area contributed by atoms with Gasteiger partial charge in [0.2, 0.25) is 11.8 Å². The first-order chi connectivity index (χ1) is 8.52. The lowest BCUT2D eigenvalue weighted by Crippen LogP contribution is -2.60. The lowest BCUT2D eigenvalue weighted by atomic mass is 9.98. The predicted molar refractivity (Wildman–Crippen MR) is 70.6 cm³/mol. The highest BCUT2D eigenvalue weighted by Crippen LogP contribution is 2.30. The fourth-order valence-corrected chi connectivity index (χ4v) is 2.38. The number of halogens is 1. The number of para-hydroxylation sites is 1. The summed E-state index contributed by atoms with van der Waals surface area (Å²) in [6.07, 6.45) is 0. The van der Waals surface area contributed by atoms with E-state index in [4.69, 9.17) is 11.6 Å². The number of hydrogen-bond donors (Lipinski definition) is 1.